The van der Waals surface area contributed by atoms with Gasteiger partial charge in [-0.05, 0) is 37.8 Å². The van der Waals surface area contributed by atoms with E-state index in [2.05, 4.69) is 15.2 Å². The average molecular weight is 381 g/mol. The maximum absolute atomic E-state index is 12.0. The lowest BCUT2D eigenvalue weighted by Gasteiger charge is -2.50. The predicted molar refractivity (Wildman–Crippen MR) is 98.4 cm³/mol. The van der Waals surface area contributed by atoms with Crippen LogP contribution in [0.3, 0.4) is 0 Å². The van der Waals surface area contributed by atoms with E-state index in [1.54, 1.807) is 18.2 Å². The third-order valence-corrected chi connectivity index (χ3v) is 5.49. The highest BCUT2D eigenvalue weighted by Gasteiger charge is 2.47. The summed E-state index contributed by atoms with van der Waals surface area (Å²) in [6, 6.07) is 5.33. The Balaban J connectivity index is 1.78. The van der Waals surface area contributed by atoms with Crippen LogP contribution in [-0.4, -0.2) is 56.6 Å². The average Bonchev–Trinajstić information content (AvgIpc) is 2.74. The lowest BCUT2D eigenvalue weighted by atomic mass is 9.77. The number of fused-ring (bicyclic) bond motifs is 4. The number of rotatable bonds is 4. The normalized spacial score (nSPS) is 23.6. The number of hydrogen-bond acceptors (Lipinski definition) is 7. The van der Waals surface area contributed by atoms with Gasteiger partial charge in [0.25, 0.3) is 0 Å². The molecule has 144 valence electrons. The van der Waals surface area contributed by atoms with Crippen LogP contribution in [0.2, 0.25) is 0 Å². The van der Waals surface area contributed by atoms with Crippen molar-refractivity contribution in [1.82, 2.24) is 20.1 Å². The van der Waals surface area contributed by atoms with Crippen molar-refractivity contribution >= 4 is 23.2 Å². The highest BCUT2D eigenvalue weighted by molar-refractivity contribution is 5.86. The lowest BCUT2D eigenvalue weighted by Crippen LogP contribution is -2.58. The molecule has 0 spiro atoms. The van der Waals surface area contributed by atoms with E-state index in [0.29, 0.717) is 29.1 Å². The van der Waals surface area contributed by atoms with Crippen LogP contribution >= 0.6 is 0 Å². The topological polar surface area (TPSA) is 121 Å². The van der Waals surface area contributed by atoms with E-state index in [1.807, 2.05) is 6.07 Å². The number of aromatic nitrogens is 3. The van der Waals surface area contributed by atoms with Gasteiger partial charge in [-0.3, -0.25) is 4.90 Å². The zero-order chi connectivity index (χ0) is 19.7. The molecule has 3 fully saturated rings. The zero-order valence-electron chi connectivity index (χ0n) is 15.3. The number of carboxylic acid groups (broad SMARTS) is 1. The summed E-state index contributed by atoms with van der Waals surface area (Å²) in [6.07, 6.45) is 5.41. The zero-order valence-corrected chi connectivity index (χ0v) is 15.3. The highest BCUT2D eigenvalue weighted by atomic mass is 16.5. The molecule has 1 saturated carbocycles. The Morgan fingerprint density at radius 1 is 1.43 bits per heavy atom. The van der Waals surface area contributed by atoms with Crippen molar-refractivity contribution in [2.75, 3.05) is 13.7 Å². The van der Waals surface area contributed by atoms with Gasteiger partial charge in [0, 0.05) is 17.8 Å². The van der Waals surface area contributed by atoms with Crippen molar-refractivity contribution in [1.29, 1.82) is 5.26 Å². The van der Waals surface area contributed by atoms with Crippen LogP contribution in [-0.2, 0) is 4.74 Å². The molecule has 2 aliphatic heterocycles. The fraction of sp³-hybridized carbons (Fsp3) is 0.421. The van der Waals surface area contributed by atoms with Crippen molar-refractivity contribution in [3.05, 3.63) is 29.6 Å². The maximum Gasteiger partial charge on any atom is 0.411 e. The van der Waals surface area contributed by atoms with Crippen LogP contribution in [0.5, 0.6) is 5.88 Å². The second-order valence-corrected chi connectivity index (χ2v) is 7.00. The third-order valence-electron chi connectivity index (χ3n) is 5.49. The minimum atomic E-state index is -1.06. The van der Waals surface area contributed by atoms with E-state index >= 15 is 0 Å². The summed E-state index contributed by atoms with van der Waals surface area (Å²) in [5, 5.41) is 27.2. The first-order valence-corrected chi connectivity index (χ1v) is 9.00. The first-order valence-electron chi connectivity index (χ1n) is 9.00. The van der Waals surface area contributed by atoms with Gasteiger partial charge in [-0.25, -0.2) is 9.78 Å². The smallest absolute Gasteiger partial charge is 0.411 e. The molecule has 0 radical (unpaired) electrons. The summed E-state index contributed by atoms with van der Waals surface area (Å²) in [7, 11) is 1.49. The summed E-state index contributed by atoms with van der Waals surface area (Å²) < 4.78 is 10.9. The number of nitriles is 1. The minimum Gasteiger partial charge on any atom is -0.481 e. The molecule has 0 atom stereocenters. The van der Waals surface area contributed by atoms with Crippen LogP contribution in [0, 0.1) is 11.3 Å². The van der Waals surface area contributed by atoms with Gasteiger partial charge in [-0.15, -0.1) is 10.2 Å². The number of carbonyl (C=O) groups is 1. The minimum absolute atomic E-state index is 0.0657. The molecule has 1 amide bonds. The Hall–Kier alpha value is -3.25. The quantitative estimate of drug-likeness (QED) is 0.857. The molecule has 3 aliphatic rings. The molecule has 5 rings (SSSR count). The third kappa shape index (κ3) is 3.01. The van der Waals surface area contributed by atoms with Crippen LogP contribution in [0.4, 0.5) is 4.79 Å². The maximum atomic E-state index is 12.0. The molecule has 1 N–H and O–H groups in total. The van der Waals surface area contributed by atoms with Crippen LogP contribution in [0.15, 0.2) is 18.3 Å². The monoisotopic (exact) mass is 381 g/mol. The summed E-state index contributed by atoms with van der Waals surface area (Å²) in [5.41, 5.74) is 0.802. The van der Waals surface area contributed by atoms with Gasteiger partial charge in [-0.1, -0.05) is 0 Å². The Kier molecular flexibility index (Phi) is 4.57. The Morgan fingerprint density at radius 3 is 2.82 bits per heavy atom. The van der Waals surface area contributed by atoms with Gasteiger partial charge in [0.05, 0.1) is 25.4 Å². The van der Waals surface area contributed by atoms with Crippen molar-refractivity contribution in [3.63, 3.8) is 0 Å². The fourth-order valence-electron chi connectivity index (χ4n) is 3.93. The van der Waals surface area contributed by atoms with E-state index < -0.39 is 11.6 Å². The Labute approximate surface area is 161 Å². The van der Waals surface area contributed by atoms with E-state index in [4.69, 9.17) is 9.47 Å². The van der Waals surface area contributed by atoms with Crippen molar-refractivity contribution < 1.29 is 19.4 Å². The molecule has 4 heterocycles. The number of amides is 1. The second-order valence-electron chi connectivity index (χ2n) is 7.00. The van der Waals surface area contributed by atoms with Gasteiger partial charge in [0.1, 0.15) is 17.1 Å². The fourth-order valence-corrected chi connectivity index (χ4v) is 3.93. The van der Waals surface area contributed by atoms with Gasteiger partial charge in [0.2, 0.25) is 5.88 Å². The molecule has 2 aromatic rings. The summed E-state index contributed by atoms with van der Waals surface area (Å²) in [4.78, 5) is 17.7. The molecule has 2 aromatic heterocycles. The SMILES string of the molecule is COc1ccc2nnc(C#N)c(/C=C/N(C(=O)O)C34CCC(CC3)OC4)c2n1. The molecular weight excluding hydrogens is 362 g/mol. The van der Waals surface area contributed by atoms with Crippen LogP contribution in [0.25, 0.3) is 17.1 Å². The van der Waals surface area contributed by atoms with Crippen LogP contribution < -0.4 is 4.74 Å². The summed E-state index contributed by atoms with van der Waals surface area (Å²) in [5.74, 6) is 0.367. The van der Waals surface area contributed by atoms with E-state index in [-0.39, 0.29) is 11.8 Å². The largest absolute Gasteiger partial charge is 0.481 e. The summed E-state index contributed by atoms with van der Waals surface area (Å²) >= 11 is 0. The molecule has 2 saturated heterocycles. The van der Waals surface area contributed by atoms with Gasteiger partial charge in [0.15, 0.2) is 5.69 Å². The number of ether oxygens (including phenoxy) is 2. The van der Waals surface area contributed by atoms with Crippen LogP contribution in [0.1, 0.15) is 36.9 Å². The molecule has 0 unspecified atom stereocenters. The van der Waals surface area contributed by atoms with E-state index in [0.717, 1.165) is 25.7 Å². The van der Waals surface area contributed by atoms with Crippen molar-refractivity contribution in [2.45, 2.75) is 37.3 Å². The molecular formula is C19H19N5O4. The molecule has 9 heteroatoms. The standard InChI is InChI=1S/C19H19N5O4/c1-27-16-3-2-14-17(21-16)13(15(10-20)23-22-14)6-9-24(18(25)26)19-7-4-12(5-8-19)28-11-19/h2-3,6,9,12H,4-5,7-8,11H2,1H3,(H,25,26)/b9-6+. The molecule has 1 aliphatic carbocycles. The number of methoxy groups -OCH3 is 1. The number of nitrogens with zero attached hydrogens (tertiary/aromatic N) is 5. The predicted octanol–water partition coefficient (Wildman–Crippen LogP) is 2.57. The van der Waals surface area contributed by atoms with E-state index in [9.17, 15) is 15.2 Å². The molecule has 9 nitrogen and oxygen atoms in total. The second kappa shape index (κ2) is 7.05. The number of hydrogen-bond donors (Lipinski definition) is 1. The highest BCUT2D eigenvalue weighted by Crippen LogP contribution is 2.41. The van der Waals surface area contributed by atoms with Gasteiger partial charge < -0.3 is 14.6 Å². The summed E-state index contributed by atoms with van der Waals surface area (Å²) in [6.45, 7) is 0.376. The van der Waals surface area contributed by atoms with E-state index in [1.165, 1.54) is 18.2 Å². The Morgan fingerprint density at radius 2 is 2.21 bits per heavy atom. The first-order chi connectivity index (χ1) is 13.6. The Bertz CT molecular complexity index is 978. The van der Waals surface area contributed by atoms with Gasteiger partial charge in [-0.2, -0.15) is 5.26 Å². The van der Waals surface area contributed by atoms with Crippen molar-refractivity contribution in [3.8, 4) is 11.9 Å². The molecule has 28 heavy (non-hydrogen) atoms. The lowest BCUT2D eigenvalue weighted by molar-refractivity contribution is -0.115. The first kappa shape index (κ1) is 18.1. The van der Waals surface area contributed by atoms with Gasteiger partial charge >= 0.3 is 6.09 Å². The molecule has 2 bridgehead atoms. The van der Waals surface area contributed by atoms with Crippen molar-refractivity contribution in [2.24, 2.45) is 0 Å². The molecule has 0 aromatic carbocycles. The number of pyridine rings is 1.